The van der Waals surface area contributed by atoms with Crippen LogP contribution in [0.15, 0.2) is 72.9 Å². The van der Waals surface area contributed by atoms with E-state index in [4.69, 9.17) is 15.6 Å². The number of carbonyl (C=O) groups is 1. The Labute approximate surface area is 175 Å². The predicted molar refractivity (Wildman–Crippen MR) is 118 cm³/mol. The van der Waals surface area contributed by atoms with E-state index in [1.165, 1.54) is 0 Å². The van der Waals surface area contributed by atoms with Crippen molar-refractivity contribution in [2.45, 2.75) is 31.9 Å². The van der Waals surface area contributed by atoms with E-state index in [9.17, 15) is 4.79 Å². The van der Waals surface area contributed by atoms with Crippen molar-refractivity contribution in [1.29, 1.82) is 0 Å². The van der Waals surface area contributed by atoms with Gasteiger partial charge in [-0.05, 0) is 36.6 Å². The number of benzene rings is 3. The van der Waals surface area contributed by atoms with Crippen molar-refractivity contribution in [1.82, 2.24) is 9.78 Å². The first kappa shape index (κ1) is 18.4. The number of fused-ring (bicyclic) bond motifs is 2. The average molecular weight is 397 g/mol. The van der Waals surface area contributed by atoms with Crippen LogP contribution in [-0.4, -0.2) is 15.6 Å². The van der Waals surface area contributed by atoms with Crippen molar-refractivity contribution in [3.8, 4) is 5.75 Å². The third kappa shape index (κ3) is 2.94. The van der Waals surface area contributed by atoms with Crippen LogP contribution >= 0.6 is 0 Å². The van der Waals surface area contributed by atoms with Gasteiger partial charge in [0.15, 0.2) is 5.78 Å². The molecule has 0 fully saturated rings. The molecule has 150 valence electrons. The Morgan fingerprint density at radius 1 is 1.00 bits per heavy atom. The van der Waals surface area contributed by atoms with Crippen LogP contribution in [0.25, 0.3) is 10.9 Å². The Morgan fingerprint density at radius 3 is 2.57 bits per heavy atom. The van der Waals surface area contributed by atoms with Crippen LogP contribution < -0.4 is 10.5 Å². The van der Waals surface area contributed by atoms with Crippen LogP contribution in [0.1, 0.15) is 41.3 Å². The molecule has 1 atom stereocenters. The second-order valence-electron chi connectivity index (χ2n) is 7.86. The van der Waals surface area contributed by atoms with Gasteiger partial charge < -0.3 is 10.5 Å². The lowest BCUT2D eigenvalue weighted by Gasteiger charge is -2.33. The number of Topliss-reactive ketones (excluding diaryl/α,β-unsaturated/α-hetero) is 1. The van der Waals surface area contributed by atoms with E-state index < -0.39 is 5.72 Å². The molecule has 0 spiro atoms. The first-order chi connectivity index (χ1) is 14.6. The summed E-state index contributed by atoms with van der Waals surface area (Å²) < 4.78 is 8.44. The van der Waals surface area contributed by atoms with Crippen LogP contribution in [0, 0.1) is 0 Å². The summed E-state index contributed by atoms with van der Waals surface area (Å²) >= 11 is 0. The maximum absolute atomic E-state index is 12.3. The lowest BCUT2D eigenvalue weighted by atomic mass is 9.89. The second-order valence-corrected chi connectivity index (χ2v) is 7.86. The predicted octanol–water partition coefficient (Wildman–Crippen LogP) is 4.94. The highest BCUT2D eigenvalue weighted by Crippen LogP contribution is 2.38. The molecular formula is C25H23N3O2. The summed E-state index contributed by atoms with van der Waals surface area (Å²) in [6, 6.07) is 21.6. The molecule has 2 N–H and O–H groups in total. The Bertz CT molecular complexity index is 1210. The normalized spacial score (nSPS) is 15.6. The molecule has 4 aromatic rings. The summed E-state index contributed by atoms with van der Waals surface area (Å²) in [7, 11) is 0. The highest BCUT2D eigenvalue weighted by Gasteiger charge is 2.34. The minimum Gasteiger partial charge on any atom is -0.460 e. The molecule has 1 aliphatic rings. The number of nitrogen functional groups attached to an aromatic ring is 1. The summed E-state index contributed by atoms with van der Waals surface area (Å²) in [6.45, 7) is 1.98. The van der Waals surface area contributed by atoms with Crippen LogP contribution in [-0.2, 0) is 12.1 Å². The Hall–Kier alpha value is -3.60. The molecule has 0 radical (unpaired) electrons. The number of ketones is 1. The fraction of sp³-hybridized carbons (Fsp3) is 0.200. The SMILES string of the molecule is CC(Oc1ccc2c(c1N)CCCC2=O)(c1ccccc1)n1cc2ccccc2n1. The molecule has 0 amide bonds. The molecule has 1 aliphatic carbocycles. The van der Waals surface area contributed by atoms with E-state index in [0.29, 0.717) is 17.9 Å². The lowest BCUT2D eigenvalue weighted by molar-refractivity contribution is 0.0427. The van der Waals surface area contributed by atoms with Gasteiger partial charge in [0, 0.05) is 36.1 Å². The van der Waals surface area contributed by atoms with E-state index in [-0.39, 0.29) is 5.78 Å². The van der Waals surface area contributed by atoms with E-state index >= 15 is 0 Å². The number of nitrogens with zero attached hydrogens (tertiary/aromatic N) is 2. The molecule has 1 heterocycles. The number of carbonyl (C=O) groups excluding carboxylic acids is 1. The number of aromatic nitrogens is 2. The summed E-state index contributed by atoms with van der Waals surface area (Å²) in [4.78, 5) is 12.3. The molecule has 0 aliphatic heterocycles. The molecule has 1 unspecified atom stereocenters. The van der Waals surface area contributed by atoms with Gasteiger partial charge in [0.05, 0.1) is 11.2 Å². The fourth-order valence-corrected chi connectivity index (χ4v) is 4.21. The molecule has 0 bridgehead atoms. The fourth-order valence-electron chi connectivity index (χ4n) is 4.21. The maximum atomic E-state index is 12.3. The minimum absolute atomic E-state index is 0.152. The van der Waals surface area contributed by atoms with Crippen LogP contribution in [0.5, 0.6) is 5.75 Å². The standard InChI is InChI=1S/C25H23N3O2/c1-25(18-9-3-2-4-10-18,28-16-17-8-5-6-12-21(17)27-28)30-23-15-14-19-20(24(23)26)11-7-13-22(19)29/h2-6,8-10,12,14-16H,7,11,13,26H2,1H3. The first-order valence-corrected chi connectivity index (χ1v) is 10.2. The van der Waals surface area contributed by atoms with Gasteiger partial charge in [0.1, 0.15) is 5.75 Å². The monoisotopic (exact) mass is 397 g/mol. The Kier molecular flexibility index (Phi) is 4.31. The molecule has 3 aromatic carbocycles. The van der Waals surface area contributed by atoms with E-state index in [1.807, 2.05) is 84.5 Å². The van der Waals surface area contributed by atoms with E-state index in [0.717, 1.165) is 40.4 Å². The van der Waals surface area contributed by atoms with Crippen LogP contribution in [0.4, 0.5) is 5.69 Å². The van der Waals surface area contributed by atoms with Gasteiger partial charge in [0.25, 0.3) is 0 Å². The number of nitrogens with two attached hydrogens (primary N) is 1. The summed E-state index contributed by atoms with van der Waals surface area (Å²) in [6.07, 6.45) is 4.17. The van der Waals surface area contributed by atoms with Gasteiger partial charge in [-0.3, -0.25) is 4.79 Å². The second kappa shape index (κ2) is 7.02. The van der Waals surface area contributed by atoms with Crippen LogP contribution in [0.3, 0.4) is 0 Å². The molecule has 1 aromatic heterocycles. The van der Waals surface area contributed by atoms with Crippen molar-refractivity contribution in [2.24, 2.45) is 0 Å². The number of anilines is 1. The summed E-state index contributed by atoms with van der Waals surface area (Å²) in [5.41, 5.74) is 9.58. The van der Waals surface area contributed by atoms with E-state index in [1.54, 1.807) is 0 Å². The topological polar surface area (TPSA) is 70.1 Å². The molecule has 0 saturated carbocycles. The molecule has 5 heteroatoms. The third-order valence-corrected chi connectivity index (χ3v) is 5.92. The van der Waals surface area contributed by atoms with Gasteiger partial charge in [-0.2, -0.15) is 5.10 Å². The van der Waals surface area contributed by atoms with Crippen molar-refractivity contribution < 1.29 is 9.53 Å². The maximum Gasteiger partial charge on any atom is 0.225 e. The zero-order chi connectivity index (χ0) is 20.7. The number of ether oxygens (including phenoxy) is 1. The number of rotatable bonds is 4. The van der Waals surface area contributed by atoms with Gasteiger partial charge in [0.2, 0.25) is 5.72 Å². The van der Waals surface area contributed by atoms with Gasteiger partial charge >= 0.3 is 0 Å². The van der Waals surface area contributed by atoms with Crippen molar-refractivity contribution in [3.63, 3.8) is 0 Å². The highest BCUT2D eigenvalue weighted by molar-refractivity contribution is 6.00. The van der Waals surface area contributed by atoms with Crippen molar-refractivity contribution in [3.05, 3.63) is 89.6 Å². The van der Waals surface area contributed by atoms with Gasteiger partial charge in [-0.25, -0.2) is 4.68 Å². The number of hydrogen-bond acceptors (Lipinski definition) is 4. The largest absolute Gasteiger partial charge is 0.460 e. The average Bonchev–Trinajstić information content (AvgIpc) is 3.22. The third-order valence-electron chi connectivity index (χ3n) is 5.92. The highest BCUT2D eigenvalue weighted by atomic mass is 16.5. The minimum atomic E-state index is -0.915. The molecule has 30 heavy (non-hydrogen) atoms. The molecular weight excluding hydrogens is 374 g/mol. The van der Waals surface area contributed by atoms with Crippen LogP contribution in [0.2, 0.25) is 0 Å². The van der Waals surface area contributed by atoms with Crippen molar-refractivity contribution >= 4 is 22.4 Å². The number of hydrogen-bond donors (Lipinski definition) is 1. The van der Waals surface area contributed by atoms with Gasteiger partial charge in [-0.15, -0.1) is 0 Å². The van der Waals surface area contributed by atoms with Crippen molar-refractivity contribution in [2.75, 3.05) is 5.73 Å². The Morgan fingerprint density at radius 2 is 1.77 bits per heavy atom. The molecule has 5 rings (SSSR count). The zero-order valence-corrected chi connectivity index (χ0v) is 16.8. The lowest BCUT2D eigenvalue weighted by Crippen LogP contribution is -2.38. The smallest absolute Gasteiger partial charge is 0.225 e. The zero-order valence-electron chi connectivity index (χ0n) is 16.8. The summed E-state index contributed by atoms with van der Waals surface area (Å²) in [5, 5.41) is 5.82. The molecule has 5 nitrogen and oxygen atoms in total. The summed E-state index contributed by atoms with van der Waals surface area (Å²) in [5.74, 6) is 0.716. The first-order valence-electron chi connectivity index (χ1n) is 10.2. The Balaban J connectivity index is 1.64. The molecule has 0 saturated heterocycles. The van der Waals surface area contributed by atoms with E-state index in [2.05, 4.69) is 0 Å². The quantitative estimate of drug-likeness (QED) is 0.495. The van der Waals surface area contributed by atoms with Gasteiger partial charge in [-0.1, -0.05) is 48.5 Å².